The second-order valence-corrected chi connectivity index (χ2v) is 4.91. The van der Waals surface area contributed by atoms with Crippen molar-refractivity contribution in [3.63, 3.8) is 0 Å². The molecule has 0 saturated heterocycles. The molecule has 0 atom stereocenters. The lowest BCUT2D eigenvalue weighted by Gasteiger charge is -2.23. The van der Waals surface area contributed by atoms with E-state index in [9.17, 15) is 13.6 Å². The van der Waals surface area contributed by atoms with Gasteiger partial charge in [-0.1, -0.05) is 11.6 Å². The first-order valence-electron chi connectivity index (χ1n) is 6.64. The Bertz CT molecular complexity index is 771. The van der Waals surface area contributed by atoms with Gasteiger partial charge in [0, 0.05) is 24.9 Å². The molecule has 126 valence electrons. The standard InChI is InChI=1S/C15H13ClF2N4O2/c1-22(11-3-2-6-20-13(11)16)12-7-9(24-15(17)18)4-5-10(12)14(19)21-8-23/h2-8,15H,1H3,(H2,19,21,23). The predicted octanol–water partition coefficient (Wildman–Crippen LogP) is 2.97. The van der Waals surface area contributed by atoms with Crippen LogP contribution in [0.15, 0.2) is 41.5 Å². The van der Waals surface area contributed by atoms with Gasteiger partial charge in [0.1, 0.15) is 11.6 Å². The summed E-state index contributed by atoms with van der Waals surface area (Å²) >= 11 is 6.06. The number of aliphatic imine (C=N–C) groups is 1. The SMILES string of the molecule is CN(c1cc(OC(F)F)ccc1/C(N)=N\C=O)c1cccnc1Cl. The zero-order valence-electron chi connectivity index (χ0n) is 12.5. The molecule has 0 fully saturated rings. The van der Waals surface area contributed by atoms with Crippen molar-refractivity contribution < 1.29 is 18.3 Å². The van der Waals surface area contributed by atoms with Crippen molar-refractivity contribution in [2.75, 3.05) is 11.9 Å². The average Bonchev–Trinajstić information content (AvgIpc) is 2.54. The van der Waals surface area contributed by atoms with Gasteiger partial charge in [-0.05, 0) is 24.3 Å². The van der Waals surface area contributed by atoms with Crippen LogP contribution in [0.4, 0.5) is 20.2 Å². The van der Waals surface area contributed by atoms with Gasteiger partial charge >= 0.3 is 6.61 Å². The average molecular weight is 355 g/mol. The number of halogens is 3. The number of amidine groups is 1. The summed E-state index contributed by atoms with van der Waals surface area (Å²) in [5.41, 5.74) is 6.99. The number of anilines is 2. The molecule has 0 spiro atoms. The van der Waals surface area contributed by atoms with E-state index < -0.39 is 6.61 Å². The highest BCUT2D eigenvalue weighted by molar-refractivity contribution is 6.32. The van der Waals surface area contributed by atoms with Gasteiger partial charge < -0.3 is 15.4 Å². The number of pyridine rings is 1. The normalized spacial score (nSPS) is 11.5. The molecule has 0 saturated carbocycles. The van der Waals surface area contributed by atoms with Crippen molar-refractivity contribution in [1.29, 1.82) is 0 Å². The Morgan fingerprint density at radius 2 is 2.17 bits per heavy atom. The number of carbonyl (C=O) groups excluding carboxylic acids is 1. The van der Waals surface area contributed by atoms with Crippen molar-refractivity contribution in [3.05, 3.63) is 47.2 Å². The van der Waals surface area contributed by atoms with E-state index in [1.165, 1.54) is 24.4 Å². The summed E-state index contributed by atoms with van der Waals surface area (Å²) in [5, 5.41) is 0.206. The lowest BCUT2D eigenvalue weighted by Crippen LogP contribution is -2.20. The maximum absolute atomic E-state index is 12.5. The van der Waals surface area contributed by atoms with E-state index in [2.05, 4.69) is 14.7 Å². The summed E-state index contributed by atoms with van der Waals surface area (Å²) in [6, 6.07) is 7.43. The molecule has 6 nitrogen and oxygen atoms in total. The number of benzene rings is 1. The van der Waals surface area contributed by atoms with Crippen LogP contribution in [0.2, 0.25) is 5.15 Å². The van der Waals surface area contributed by atoms with Gasteiger partial charge in [-0.25, -0.2) is 4.98 Å². The van der Waals surface area contributed by atoms with Gasteiger partial charge in [-0.3, -0.25) is 4.79 Å². The van der Waals surface area contributed by atoms with Crippen LogP contribution in [0.3, 0.4) is 0 Å². The Morgan fingerprint density at radius 1 is 1.42 bits per heavy atom. The number of alkyl halides is 2. The molecular formula is C15H13ClF2N4O2. The van der Waals surface area contributed by atoms with E-state index in [1.807, 2.05) is 0 Å². The van der Waals surface area contributed by atoms with Crippen LogP contribution in [-0.4, -0.2) is 30.9 Å². The minimum Gasteiger partial charge on any atom is -0.435 e. The molecule has 0 bridgehead atoms. The van der Waals surface area contributed by atoms with Crippen LogP contribution >= 0.6 is 11.6 Å². The van der Waals surface area contributed by atoms with Gasteiger partial charge in [0.2, 0.25) is 6.41 Å². The lowest BCUT2D eigenvalue weighted by molar-refractivity contribution is -0.106. The number of hydrogen-bond donors (Lipinski definition) is 1. The smallest absolute Gasteiger partial charge is 0.387 e. The zero-order valence-corrected chi connectivity index (χ0v) is 13.2. The largest absolute Gasteiger partial charge is 0.435 e. The molecule has 2 rings (SSSR count). The third-order valence-corrected chi connectivity index (χ3v) is 3.42. The number of aromatic nitrogens is 1. The van der Waals surface area contributed by atoms with Crippen molar-refractivity contribution in [2.45, 2.75) is 6.61 Å². The van der Waals surface area contributed by atoms with E-state index >= 15 is 0 Å². The Kier molecular flexibility index (Phi) is 5.64. The maximum Gasteiger partial charge on any atom is 0.387 e. The number of rotatable bonds is 6. The van der Waals surface area contributed by atoms with Gasteiger partial charge in [0.05, 0.1) is 11.4 Å². The number of nitrogens with two attached hydrogens (primary N) is 1. The first kappa shape index (κ1) is 17.6. The monoisotopic (exact) mass is 354 g/mol. The molecular weight excluding hydrogens is 342 g/mol. The van der Waals surface area contributed by atoms with Gasteiger partial charge in [-0.15, -0.1) is 0 Å². The van der Waals surface area contributed by atoms with E-state index in [1.54, 1.807) is 24.1 Å². The highest BCUT2D eigenvalue weighted by atomic mass is 35.5. The number of carbonyl (C=O) groups is 1. The Labute approximate surface area is 141 Å². The zero-order chi connectivity index (χ0) is 17.7. The molecule has 2 aromatic rings. The molecule has 0 aliphatic heterocycles. The minimum atomic E-state index is -2.98. The molecule has 0 radical (unpaired) electrons. The highest BCUT2D eigenvalue weighted by Crippen LogP contribution is 2.34. The second kappa shape index (κ2) is 7.69. The summed E-state index contributed by atoms with van der Waals surface area (Å²) in [6.45, 7) is -2.98. The predicted molar refractivity (Wildman–Crippen MR) is 87.2 cm³/mol. The van der Waals surface area contributed by atoms with Crippen molar-refractivity contribution in [2.24, 2.45) is 10.7 Å². The third-order valence-electron chi connectivity index (χ3n) is 3.12. The van der Waals surface area contributed by atoms with Crippen molar-refractivity contribution >= 4 is 35.2 Å². The van der Waals surface area contributed by atoms with E-state index in [0.29, 0.717) is 23.3 Å². The molecule has 0 aliphatic carbocycles. The number of amides is 1. The van der Waals surface area contributed by atoms with E-state index in [0.717, 1.165) is 0 Å². The Hall–Kier alpha value is -2.74. The van der Waals surface area contributed by atoms with Gasteiger partial charge in [0.25, 0.3) is 0 Å². The molecule has 1 heterocycles. The molecule has 24 heavy (non-hydrogen) atoms. The molecule has 1 amide bonds. The summed E-state index contributed by atoms with van der Waals surface area (Å²) in [4.78, 5) is 19.6. The first-order valence-corrected chi connectivity index (χ1v) is 7.02. The van der Waals surface area contributed by atoms with Crippen LogP contribution in [0.1, 0.15) is 5.56 Å². The minimum absolute atomic E-state index is 0.0736. The lowest BCUT2D eigenvalue weighted by atomic mass is 10.1. The molecule has 9 heteroatoms. The topological polar surface area (TPSA) is 80.8 Å². The Morgan fingerprint density at radius 3 is 2.79 bits per heavy atom. The fourth-order valence-corrected chi connectivity index (χ4v) is 2.31. The maximum atomic E-state index is 12.5. The van der Waals surface area contributed by atoms with Crippen molar-refractivity contribution in [1.82, 2.24) is 4.98 Å². The molecule has 0 aliphatic rings. The van der Waals surface area contributed by atoms with Crippen LogP contribution < -0.4 is 15.4 Å². The summed E-state index contributed by atoms with van der Waals surface area (Å²) in [7, 11) is 1.64. The molecule has 0 unspecified atom stereocenters. The number of nitrogens with zero attached hydrogens (tertiary/aromatic N) is 3. The van der Waals surface area contributed by atoms with Crippen LogP contribution in [-0.2, 0) is 4.79 Å². The van der Waals surface area contributed by atoms with Crippen LogP contribution in [0.25, 0.3) is 0 Å². The van der Waals surface area contributed by atoms with E-state index in [-0.39, 0.29) is 16.7 Å². The Balaban J connectivity index is 2.56. The van der Waals surface area contributed by atoms with Crippen molar-refractivity contribution in [3.8, 4) is 5.75 Å². The number of hydrogen-bond acceptors (Lipinski definition) is 4. The fourth-order valence-electron chi connectivity index (χ4n) is 2.07. The van der Waals surface area contributed by atoms with Gasteiger partial charge in [0.15, 0.2) is 5.15 Å². The van der Waals surface area contributed by atoms with Crippen LogP contribution in [0, 0.1) is 0 Å². The molecule has 1 aromatic heterocycles. The van der Waals surface area contributed by atoms with Crippen LogP contribution in [0.5, 0.6) is 5.75 Å². The number of ether oxygens (including phenoxy) is 1. The fraction of sp³-hybridized carbons (Fsp3) is 0.133. The summed E-state index contributed by atoms with van der Waals surface area (Å²) in [6.07, 6.45) is 1.80. The molecule has 2 N–H and O–H groups in total. The van der Waals surface area contributed by atoms with E-state index in [4.69, 9.17) is 17.3 Å². The molecule has 1 aromatic carbocycles. The van der Waals surface area contributed by atoms with Gasteiger partial charge in [-0.2, -0.15) is 13.8 Å². The second-order valence-electron chi connectivity index (χ2n) is 4.55. The quantitative estimate of drug-likeness (QED) is 0.373. The third kappa shape index (κ3) is 3.96. The summed E-state index contributed by atoms with van der Waals surface area (Å²) < 4.78 is 29.3. The highest BCUT2D eigenvalue weighted by Gasteiger charge is 2.17. The first-order chi connectivity index (χ1) is 11.4. The summed E-state index contributed by atoms with van der Waals surface area (Å²) in [5.74, 6) is -0.148.